The fraction of sp³-hybridized carbons (Fsp3) is 0.409. The van der Waals surface area contributed by atoms with Crippen LogP contribution in [0.3, 0.4) is 0 Å². The van der Waals surface area contributed by atoms with Gasteiger partial charge in [0.25, 0.3) is 5.91 Å². The molecular formula is C22H24F2N4O5S. The van der Waals surface area contributed by atoms with Crippen LogP contribution in [-0.4, -0.2) is 63.5 Å². The lowest BCUT2D eigenvalue weighted by Gasteiger charge is -2.38. The van der Waals surface area contributed by atoms with Crippen LogP contribution in [0.1, 0.15) is 31.1 Å². The number of aromatic nitrogens is 3. The summed E-state index contributed by atoms with van der Waals surface area (Å²) in [6.07, 6.45) is 1.34. The number of amides is 1. The number of nitrogens with one attached hydrogen (secondary N) is 1. The number of ether oxygens (including phenoxy) is 1. The van der Waals surface area contributed by atoms with E-state index in [4.69, 9.17) is 0 Å². The molecule has 4 rings (SSSR count). The lowest BCUT2D eigenvalue weighted by atomic mass is 10.1. The predicted octanol–water partition coefficient (Wildman–Crippen LogP) is 2.39. The number of hydrogen-bond acceptors (Lipinski definition) is 7. The Balaban J connectivity index is 1.74. The Hall–Kier alpha value is -3.12. The minimum Gasteiger partial charge on any atom is -0.435 e. The van der Waals surface area contributed by atoms with Gasteiger partial charge in [0.05, 0.1) is 40.3 Å². The SMILES string of the molecule is CC(C)(O)Cn1nc(-c2cccc(OC(F)F)c2)c2ncc(C(=O)NC3(C)CS(=O)(=O)C3)cc21. The molecule has 3 heterocycles. The molecule has 1 aromatic carbocycles. The van der Waals surface area contributed by atoms with Crippen LogP contribution in [0.4, 0.5) is 8.78 Å². The molecule has 1 amide bonds. The first-order valence-electron chi connectivity index (χ1n) is 10.4. The van der Waals surface area contributed by atoms with Crippen molar-refractivity contribution in [2.45, 2.75) is 45.1 Å². The molecule has 1 fully saturated rings. The van der Waals surface area contributed by atoms with Crippen molar-refractivity contribution in [1.29, 1.82) is 0 Å². The number of rotatable bonds is 7. The van der Waals surface area contributed by atoms with Crippen molar-refractivity contribution in [2.24, 2.45) is 0 Å². The Labute approximate surface area is 194 Å². The van der Waals surface area contributed by atoms with Gasteiger partial charge in [-0.1, -0.05) is 12.1 Å². The van der Waals surface area contributed by atoms with Crippen LogP contribution in [0.15, 0.2) is 36.5 Å². The number of sulfone groups is 1. The van der Waals surface area contributed by atoms with Gasteiger partial charge < -0.3 is 15.2 Å². The number of pyridine rings is 1. The maximum absolute atomic E-state index is 12.8. The Kier molecular flexibility index (Phi) is 5.85. The number of aliphatic hydroxyl groups is 1. The van der Waals surface area contributed by atoms with E-state index >= 15 is 0 Å². The molecule has 3 aromatic rings. The van der Waals surface area contributed by atoms with E-state index in [1.807, 2.05) is 0 Å². The zero-order chi connectivity index (χ0) is 24.9. The van der Waals surface area contributed by atoms with Crippen LogP contribution in [0.5, 0.6) is 5.75 Å². The molecule has 0 atom stereocenters. The van der Waals surface area contributed by atoms with Gasteiger partial charge in [-0.3, -0.25) is 14.5 Å². The molecule has 0 spiro atoms. The lowest BCUT2D eigenvalue weighted by Crippen LogP contribution is -2.63. The van der Waals surface area contributed by atoms with E-state index in [0.29, 0.717) is 22.3 Å². The summed E-state index contributed by atoms with van der Waals surface area (Å²) in [5.41, 5.74) is -0.144. The molecule has 0 saturated carbocycles. The highest BCUT2D eigenvalue weighted by Crippen LogP contribution is 2.31. The van der Waals surface area contributed by atoms with Crippen molar-refractivity contribution in [3.63, 3.8) is 0 Å². The molecule has 1 aliphatic rings. The average Bonchev–Trinajstić information content (AvgIpc) is 3.02. The number of halogens is 2. The molecule has 2 aromatic heterocycles. The van der Waals surface area contributed by atoms with Crippen LogP contribution in [-0.2, 0) is 16.4 Å². The van der Waals surface area contributed by atoms with Crippen molar-refractivity contribution in [1.82, 2.24) is 20.1 Å². The van der Waals surface area contributed by atoms with Gasteiger partial charge in [-0.15, -0.1) is 0 Å². The fourth-order valence-electron chi connectivity index (χ4n) is 4.03. The zero-order valence-electron chi connectivity index (χ0n) is 18.7. The topological polar surface area (TPSA) is 123 Å². The smallest absolute Gasteiger partial charge is 0.387 e. The summed E-state index contributed by atoms with van der Waals surface area (Å²) in [5, 5.41) is 17.6. The molecule has 182 valence electrons. The number of hydrogen-bond donors (Lipinski definition) is 2. The van der Waals surface area contributed by atoms with Gasteiger partial charge in [0.15, 0.2) is 9.84 Å². The molecule has 1 saturated heterocycles. The highest BCUT2D eigenvalue weighted by molar-refractivity contribution is 7.93. The molecule has 34 heavy (non-hydrogen) atoms. The zero-order valence-corrected chi connectivity index (χ0v) is 19.6. The van der Waals surface area contributed by atoms with E-state index in [1.54, 1.807) is 39.0 Å². The number of alkyl halides is 2. The molecule has 12 heteroatoms. The Bertz CT molecular complexity index is 1350. The van der Waals surface area contributed by atoms with Gasteiger partial charge in [-0.25, -0.2) is 8.42 Å². The summed E-state index contributed by atoms with van der Waals surface area (Å²) >= 11 is 0. The van der Waals surface area contributed by atoms with E-state index in [-0.39, 0.29) is 29.4 Å². The largest absolute Gasteiger partial charge is 0.435 e. The van der Waals surface area contributed by atoms with Crippen LogP contribution in [0.25, 0.3) is 22.3 Å². The third-order valence-corrected chi connectivity index (χ3v) is 7.37. The number of carbonyl (C=O) groups is 1. The van der Waals surface area contributed by atoms with Crippen LogP contribution < -0.4 is 10.1 Å². The maximum Gasteiger partial charge on any atom is 0.387 e. The number of benzene rings is 1. The summed E-state index contributed by atoms with van der Waals surface area (Å²) < 4.78 is 54.4. The standard InChI is InChI=1S/C22H24F2N4O5S/c1-21(2,30)10-28-16-8-14(19(29)26-22(3)11-34(31,32)12-22)9-25-18(16)17(27-28)13-5-4-6-15(7-13)33-20(23)24/h4-9,20,30H,10-12H2,1-3H3,(H,26,29). The maximum atomic E-state index is 12.8. The third kappa shape index (κ3) is 5.17. The Morgan fingerprint density at radius 3 is 2.65 bits per heavy atom. The Morgan fingerprint density at radius 1 is 1.32 bits per heavy atom. The van der Waals surface area contributed by atoms with E-state index in [0.717, 1.165) is 0 Å². The summed E-state index contributed by atoms with van der Waals surface area (Å²) in [6.45, 7) is 1.94. The van der Waals surface area contributed by atoms with Crippen LogP contribution >= 0.6 is 0 Å². The molecular weight excluding hydrogens is 470 g/mol. The average molecular weight is 495 g/mol. The summed E-state index contributed by atoms with van der Waals surface area (Å²) in [4.78, 5) is 17.2. The molecule has 0 aliphatic carbocycles. The second-order valence-electron chi connectivity index (χ2n) is 9.36. The van der Waals surface area contributed by atoms with E-state index in [9.17, 15) is 27.1 Å². The third-order valence-electron chi connectivity index (χ3n) is 5.21. The second-order valence-corrected chi connectivity index (χ2v) is 11.4. The van der Waals surface area contributed by atoms with Crippen LogP contribution in [0.2, 0.25) is 0 Å². The molecule has 1 aliphatic heterocycles. The molecule has 0 radical (unpaired) electrons. The molecule has 0 unspecified atom stereocenters. The van der Waals surface area contributed by atoms with Crippen molar-refractivity contribution >= 4 is 26.8 Å². The number of fused-ring (bicyclic) bond motifs is 1. The number of nitrogens with zero attached hydrogens (tertiary/aromatic N) is 3. The first kappa shape index (κ1) is 24.0. The van der Waals surface area contributed by atoms with Crippen molar-refractivity contribution in [3.05, 3.63) is 42.1 Å². The van der Waals surface area contributed by atoms with E-state index in [2.05, 4.69) is 20.1 Å². The van der Waals surface area contributed by atoms with Gasteiger partial charge in [-0.2, -0.15) is 13.9 Å². The second kappa shape index (κ2) is 8.27. The first-order chi connectivity index (χ1) is 15.7. The van der Waals surface area contributed by atoms with Gasteiger partial charge >= 0.3 is 6.61 Å². The van der Waals surface area contributed by atoms with Gasteiger partial charge in [0, 0.05) is 11.8 Å². The highest BCUT2D eigenvalue weighted by Gasteiger charge is 2.45. The monoisotopic (exact) mass is 494 g/mol. The predicted molar refractivity (Wildman–Crippen MR) is 120 cm³/mol. The summed E-state index contributed by atoms with van der Waals surface area (Å²) in [5.74, 6) is -0.813. The number of carbonyl (C=O) groups excluding carboxylic acids is 1. The highest BCUT2D eigenvalue weighted by atomic mass is 32.2. The molecule has 2 N–H and O–H groups in total. The van der Waals surface area contributed by atoms with Gasteiger partial charge in [0.1, 0.15) is 17.0 Å². The normalized spacial score (nSPS) is 16.9. The van der Waals surface area contributed by atoms with Gasteiger partial charge in [-0.05, 0) is 39.0 Å². The van der Waals surface area contributed by atoms with Crippen LogP contribution in [0, 0.1) is 0 Å². The van der Waals surface area contributed by atoms with Crippen molar-refractivity contribution in [2.75, 3.05) is 11.5 Å². The van der Waals surface area contributed by atoms with Crippen molar-refractivity contribution < 1.29 is 31.8 Å². The Morgan fingerprint density at radius 2 is 2.03 bits per heavy atom. The fourth-order valence-corrected chi connectivity index (χ4v) is 6.03. The molecule has 9 nitrogen and oxygen atoms in total. The first-order valence-corrected chi connectivity index (χ1v) is 12.2. The lowest BCUT2D eigenvalue weighted by molar-refractivity contribution is -0.0498. The molecule has 0 bridgehead atoms. The minimum absolute atomic E-state index is 0.0441. The summed E-state index contributed by atoms with van der Waals surface area (Å²) in [7, 11) is -3.15. The van der Waals surface area contributed by atoms with Gasteiger partial charge in [0.2, 0.25) is 0 Å². The quantitative estimate of drug-likeness (QED) is 0.517. The van der Waals surface area contributed by atoms with E-state index < -0.39 is 33.5 Å². The van der Waals surface area contributed by atoms with Crippen molar-refractivity contribution in [3.8, 4) is 17.0 Å². The summed E-state index contributed by atoms with van der Waals surface area (Å²) in [6, 6.07) is 7.55. The van der Waals surface area contributed by atoms with E-state index in [1.165, 1.54) is 23.0 Å². The minimum atomic E-state index is -3.15.